The quantitative estimate of drug-likeness (QED) is 0.218. The summed E-state index contributed by atoms with van der Waals surface area (Å²) >= 11 is 0. The molecule has 140 valence electrons. The summed E-state index contributed by atoms with van der Waals surface area (Å²) in [6.45, 7) is 10.3. The highest BCUT2D eigenvalue weighted by Crippen LogP contribution is 2.11. The van der Waals surface area contributed by atoms with Crippen LogP contribution >= 0.6 is 9.24 Å². The largest absolute Gasteiger partial charge is 0.396 e. The second-order valence-electron chi connectivity index (χ2n) is 5.70. The van der Waals surface area contributed by atoms with E-state index in [4.69, 9.17) is 9.68 Å². The lowest BCUT2D eigenvalue weighted by atomic mass is 10.1. The molecule has 1 aromatic rings. The Morgan fingerprint density at radius 3 is 2.08 bits per heavy atom. The van der Waals surface area contributed by atoms with E-state index in [0.717, 1.165) is 42.4 Å². The maximum absolute atomic E-state index is 10.9. The zero-order chi connectivity index (χ0) is 19.2. The third kappa shape index (κ3) is 9.28. The summed E-state index contributed by atoms with van der Waals surface area (Å²) < 4.78 is 0. The van der Waals surface area contributed by atoms with Gasteiger partial charge in [-0.3, -0.25) is 4.79 Å². The maximum Gasteiger partial charge on any atom is 0.195 e. The van der Waals surface area contributed by atoms with Crippen molar-refractivity contribution < 1.29 is 14.5 Å². The Balaban J connectivity index is 2.15. The molecule has 6 heteroatoms. The molecule has 0 aliphatic heterocycles. The molecule has 0 heterocycles. The van der Waals surface area contributed by atoms with Gasteiger partial charge in [-0.15, -0.1) is 0 Å². The van der Waals surface area contributed by atoms with Gasteiger partial charge in [0.15, 0.2) is 5.52 Å². The van der Waals surface area contributed by atoms with Crippen molar-refractivity contribution in [3.05, 3.63) is 48.0 Å². The van der Waals surface area contributed by atoms with Gasteiger partial charge in [-0.1, -0.05) is 44.9 Å². The molecule has 0 saturated carbocycles. The summed E-state index contributed by atoms with van der Waals surface area (Å²) in [5.74, 6) is 0. The number of hydrogen-bond acceptors (Lipinski definition) is 5. The zero-order valence-electron chi connectivity index (χ0n) is 15.3. The fourth-order valence-corrected chi connectivity index (χ4v) is 2.09. The van der Waals surface area contributed by atoms with Gasteiger partial charge in [0.2, 0.25) is 0 Å². The molecule has 0 bridgehead atoms. The number of unbranched alkanes of at least 4 members (excludes halogenated alkanes) is 3. The molecule has 0 fully saturated rings. The highest BCUT2D eigenvalue weighted by molar-refractivity contribution is 7.45. The molecular weight excluding hydrogens is 347 g/mol. The monoisotopic (exact) mass is 374 g/mol. The molecule has 1 atom stereocenters. The Labute approximate surface area is 158 Å². The lowest BCUT2D eigenvalue weighted by molar-refractivity contribution is -0.105. The smallest absolute Gasteiger partial charge is 0.195 e. The van der Waals surface area contributed by atoms with Crippen LogP contribution in [0.5, 0.6) is 0 Å². The predicted molar refractivity (Wildman–Crippen MR) is 112 cm³/mol. The van der Waals surface area contributed by atoms with E-state index in [1.807, 2.05) is 18.2 Å². The highest BCUT2D eigenvalue weighted by Gasteiger charge is 1.98. The van der Waals surface area contributed by atoms with Crippen LogP contribution in [0.3, 0.4) is 0 Å². The molecule has 0 aliphatic carbocycles. The molecule has 1 aromatic carbocycles. The summed E-state index contributed by atoms with van der Waals surface area (Å²) in [4.78, 5) is 21.3. The van der Waals surface area contributed by atoms with E-state index in [1.165, 1.54) is 0 Å². The van der Waals surface area contributed by atoms with Crippen LogP contribution in [0.4, 0.5) is 0 Å². The van der Waals surface area contributed by atoms with Crippen molar-refractivity contribution in [2.45, 2.75) is 32.6 Å². The van der Waals surface area contributed by atoms with Gasteiger partial charge in [0, 0.05) is 0 Å². The van der Waals surface area contributed by atoms with Crippen LogP contribution in [0, 0.1) is 0 Å². The van der Waals surface area contributed by atoms with E-state index in [2.05, 4.69) is 32.7 Å². The van der Waals surface area contributed by atoms with Crippen LogP contribution < -0.4 is 0 Å². The normalized spacial score (nSPS) is 11.4. The van der Waals surface area contributed by atoms with Crippen LogP contribution in [-0.2, 0) is 14.5 Å². The summed E-state index contributed by atoms with van der Waals surface area (Å²) in [6, 6.07) is 5.98. The Morgan fingerprint density at radius 2 is 1.54 bits per heavy atom. The maximum atomic E-state index is 10.9. The number of carbonyl (C=O) groups excluding carboxylic acids is 1. The van der Waals surface area contributed by atoms with Crippen LogP contribution in [-0.4, -0.2) is 30.7 Å². The van der Waals surface area contributed by atoms with E-state index in [1.54, 1.807) is 25.3 Å². The van der Waals surface area contributed by atoms with Crippen LogP contribution in [0.15, 0.2) is 41.7 Å². The Morgan fingerprint density at radius 1 is 1.00 bits per heavy atom. The first-order chi connectivity index (χ1) is 12.6. The molecule has 0 N–H and O–H groups in total. The Kier molecular flexibility index (Phi) is 10.9. The fraction of sp³-hybridized carbons (Fsp3) is 0.350. The van der Waals surface area contributed by atoms with Crippen molar-refractivity contribution >= 4 is 38.8 Å². The minimum Gasteiger partial charge on any atom is -0.396 e. The molecule has 0 aliphatic rings. The van der Waals surface area contributed by atoms with Gasteiger partial charge < -0.3 is 9.68 Å². The molecule has 1 unspecified atom stereocenters. The topological polar surface area (TPSA) is 60.2 Å². The third-order valence-electron chi connectivity index (χ3n) is 3.53. The molecule has 26 heavy (non-hydrogen) atoms. The van der Waals surface area contributed by atoms with E-state index in [-0.39, 0.29) is 5.52 Å². The van der Waals surface area contributed by atoms with E-state index in [0.29, 0.717) is 18.9 Å². The van der Waals surface area contributed by atoms with Gasteiger partial charge in [0.1, 0.15) is 18.9 Å². The summed E-state index contributed by atoms with van der Waals surface area (Å²) in [5, 5.41) is 7.73. The SMILES string of the molecule is C=Cc1cc(C=C)cc(/C=N\OCCCCCCO/N=C(\C)C(=O)P)c1. The first-order valence-electron chi connectivity index (χ1n) is 8.58. The summed E-state index contributed by atoms with van der Waals surface area (Å²) in [6.07, 6.45) is 9.14. The average Bonchev–Trinajstić information content (AvgIpc) is 2.65. The van der Waals surface area contributed by atoms with Crippen LogP contribution in [0.2, 0.25) is 0 Å². The number of hydrogen-bond donors (Lipinski definition) is 0. The molecule has 0 spiro atoms. The van der Waals surface area contributed by atoms with Crippen LogP contribution in [0.25, 0.3) is 12.2 Å². The number of nitrogens with zero attached hydrogens (tertiary/aromatic N) is 2. The molecule has 1 rings (SSSR count). The molecular formula is C20H27N2O3P. The van der Waals surface area contributed by atoms with Gasteiger partial charge >= 0.3 is 0 Å². The van der Waals surface area contributed by atoms with Gasteiger partial charge in [0.05, 0.1) is 6.21 Å². The van der Waals surface area contributed by atoms with Gasteiger partial charge in [-0.2, -0.15) is 0 Å². The van der Waals surface area contributed by atoms with Gasteiger partial charge in [-0.25, -0.2) is 0 Å². The Bertz CT molecular complexity index is 643. The molecule has 0 aromatic heterocycles. The predicted octanol–water partition coefficient (Wildman–Crippen LogP) is 4.68. The Hall–Kier alpha value is -2.26. The number of carbonyl (C=O) groups is 1. The summed E-state index contributed by atoms with van der Waals surface area (Å²) in [5.41, 5.74) is 3.20. The van der Waals surface area contributed by atoms with Crippen molar-refractivity contribution in [1.82, 2.24) is 0 Å². The lowest BCUT2D eigenvalue weighted by Crippen LogP contribution is -2.02. The van der Waals surface area contributed by atoms with Crippen molar-refractivity contribution in [3.8, 4) is 0 Å². The molecule has 0 saturated heterocycles. The van der Waals surface area contributed by atoms with Crippen molar-refractivity contribution in [3.63, 3.8) is 0 Å². The van der Waals surface area contributed by atoms with Gasteiger partial charge in [0.25, 0.3) is 0 Å². The second-order valence-corrected chi connectivity index (χ2v) is 6.22. The first kappa shape index (κ1) is 21.8. The summed E-state index contributed by atoms with van der Waals surface area (Å²) in [7, 11) is 2.07. The van der Waals surface area contributed by atoms with E-state index < -0.39 is 0 Å². The minimum atomic E-state index is -0.153. The van der Waals surface area contributed by atoms with E-state index in [9.17, 15) is 4.79 Å². The fourth-order valence-electron chi connectivity index (χ4n) is 2.04. The van der Waals surface area contributed by atoms with Crippen LogP contribution in [0.1, 0.15) is 49.3 Å². The zero-order valence-corrected chi connectivity index (χ0v) is 16.5. The molecule has 0 amide bonds. The second kappa shape index (κ2) is 13.0. The van der Waals surface area contributed by atoms with Crippen molar-refractivity contribution in [2.75, 3.05) is 13.2 Å². The lowest BCUT2D eigenvalue weighted by Gasteiger charge is -2.02. The average molecular weight is 374 g/mol. The van der Waals surface area contributed by atoms with Crippen molar-refractivity contribution in [1.29, 1.82) is 0 Å². The van der Waals surface area contributed by atoms with Crippen molar-refractivity contribution in [2.24, 2.45) is 10.3 Å². The standard InChI is InChI=1S/C20H27N2O3P/c1-4-17-12-18(5-2)14-19(13-17)15-21-24-10-8-6-7-9-11-25-22-16(3)20(23)26/h4-5,12-15H,1-2,6-11,26H2,3H3/b21-15-,22-16+. The third-order valence-corrected chi connectivity index (χ3v) is 3.94. The minimum absolute atomic E-state index is 0.153. The van der Waals surface area contributed by atoms with Gasteiger partial charge in [-0.05, 0) is 67.5 Å². The number of benzene rings is 1. The first-order valence-corrected chi connectivity index (χ1v) is 9.16. The molecule has 5 nitrogen and oxygen atoms in total. The van der Waals surface area contributed by atoms with E-state index >= 15 is 0 Å². The number of oxime groups is 2. The number of rotatable bonds is 13. The highest BCUT2D eigenvalue weighted by atomic mass is 31.0. The molecule has 0 radical (unpaired) electrons.